The maximum absolute atomic E-state index is 13.4. The van der Waals surface area contributed by atoms with Gasteiger partial charge >= 0.3 is 12.6 Å². The third-order valence-corrected chi connectivity index (χ3v) is 4.61. The lowest BCUT2D eigenvalue weighted by Gasteiger charge is -2.13. The van der Waals surface area contributed by atoms with E-state index < -0.39 is 12.6 Å². The van der Waals surface area contributed by atoms with Crippen LogP contribution in [0, 0.1) is 0 Å². The van der Waals surface area contributed by atoms with E-state index in [1.807, 2.05) is 0 Å². The first-order valence-electron chi connectivity index (χ1n) is 6.34. The van der Waals surface area contributed by atoms with Crippen LogP contribution in [0.25, 0.3) is 11.1 Å². The van der Waals surface area contributed by atoms with E-state index in [1.165, 1.54) is 24.3 Å². The molecule has 0 atom stereocenters. The minimum absolute atomic E-state index is 0.0645. The number of rotatable bonds is 1. The molecule has 0 unspecified atom stereocenters. The maximum atomic E-state index is 13.4. The molecule has 2 aliphatic heterocycles. The second kappa shape index (κ2) is 4.92. The third kappa shape index (κ3) is 2.39. The number of halogens is 6. The summed E-state index contributed by atoms with van der Waals surface area (Å²) in [4.78, 5) is 0. The van der Waals surface area contributed by atoms with E-state index in [9.17, 15) is 17.6 Å². The van der Waals surface area contributed by atoms with Gasteiger partial charge in [0.15, 0.2) is 23.0 Å². The fourth-order valence-electron chi connectivity index (χ4n) is 2.44. The van der Waals surface area contributed by atoms with Crippen molar-refractivity contribution in [3.8, 4) is 34.1 Å². The minimum atomic E-state index is -3.86. The molecule has 0 spiro atoms. The average Bonchev–Trinajstić information content (AvgIpc) is 2.94. The largest absolute Gasteiger partial charge is 0.586 e. The maximum Gasteiger partial charge on any atom is 0.586 e. The Morgan fingerprint density at radius 3 is 1.38 bits per heavy atom. The molecule has 0 fully saturated rings. The van der Waals surface area contributed by atoms with Crippen LogP contribution in [0.2, 0.25) is 0 Å². The molecule has 0 aliphatic carbocycles. The van der Waals surface area contributed by atoms with E-state index >= 15 is 0 Å². The summed E-state index contributed by atoms with van der Waals surface area (Å²) in [6.07, 6.45) is -7.72. The molecule has 0 amide bonds. The normalized spacial score (nSPS) is 18.8. The number of hydrogen-bond acceptors (Lipinski definition) is 4. The second-order valence-corrected chi connectivity index (χ2v) is 6.54. The summed E-state index contributed by atoms with van der Waals surface area (Å²) in [7, 11) is 0. The van der Waals surface area contributed by atoms with Gasteiger partial charge in [-0.2, -0.15) is 0 Å². The number of benzene rings is 2. The van der Waals surface area contributed by atoms with Crippen LogP contribution in [-0.4, -0.2) is 12.6 Å². The summed E-state index contributed by atoms with van der Waals surface area (Å²) in [5.74, 6) is -1.06. The lowest BCUT2D eigenvalue weighted by atomic mass is 10.0. The highest BCUT2D eigenvalue weighted by molar-refractivity contribution is 9.11. The molecule has 126 valence electrons. The van der Waals surface area contributed by atoms with Crippen LogP contribution in [0.1, 0.15) is 0 Å². The van der Waals surface area contributed by atoms with Crippen molar-refractivity contribution in [3.63, 3.8) is 0 Å². The van der Waals surface area contributed by atoms with Crippen LogP contribution in [0.5, 0.6) is 23.0 Å². The molecule has 0 bridgehead atoms. The fraction of sp³-hybridized carbons (Fsp3) is 0.143. The zero-order valence-electron chi connectivity index (χ0n) is 11.2. The summed E-state index contributed by atoms with van der Waals surface area (Å²) in [5.41, 5.74) is 0.129. The van der Waals surface area contributed by atoms with Gasteiger partial charge in [0.25, 0.3) is 0 Å². The Labute approximate surface area is 148 Å². The van der Waals surface area contributed by atoms with Crippen LogP contribution < -0.4 is 18.9 Å². The van der Waals surface area contributed by atoms with E-state index in [2.05, 4.69) is 50.8 Å². The number of alkyl halides is 4. The van der Waals surface area contributed by atoms with Crippen molar-refractivity contribution in [2.75, 3.05) is 0 Å². The monoisotopic (exact) mass is 470 g/mol. The molecule has 2 aromatic rings. The van der Waals surface area contributed by atoms with Gasteiger partial charge in [0.05, 0.1) is 0 Å². The molecule has 2 heterocycles. The lowest BCUT2D eigenvalue weighted by Crippen LogP contribution is -2.26. The standard InChI is InChI=1S/C14H4Br2F4O4/c15-5-1-3-7-11(23-13(17,18)21-7)9(5)10-6(16)2-4-8-12(10)24-14(19,20)22-8/h1-4H. The van der Waals surface area contributed by atoms with Gasteiger partial charge in [-0.05, 0) is 24.3 Å². The highest BCUT2D eigenvalue weighted by Gasteiger charge is 2.48. The predicted octanol–water partition coefficient (Wildman–Crippen LogP) is 5.52. The Bertz CT molecular complexity index is 801. The lowest BCUT2D eigenvalue weighted by molar-refractivity contribution is -0.287. The van der Waals surface area contributed by atoms with Crippen LogP contribution in [0.4, 0.5) is 17.6 Å². The topological polar surface area (TPSA) is 36.9 Å². The molecule has 0 radical (unpaired) electrons. The van der Waals surface area contributed by atoms with E-state index in [4.69, 9.17) is 0 Å². The van der Waals surface area contributed by atoms with Gasteiger partial charge in [0.1, 0.15) is 0 Å². The summed E-state index contributed by atoms with van der Waals surface area (Å²) in [6.45, 7) is 0. The fourth-order valence-corrected chi connectivity index (χ4v) is 3.46. The van der Waals surface area contributed by atoms with Gasteiger partial charge in [-0.25, -0.2) is 0 Å². The molecular formula is C14H4Br2F4O4. The Balaban J connectivity index is 1.98. The SMILES string of the molecule is FC1(F)Oc2ccc(Br)c(-c3c(Br)ccc4c3OC(F)(F)O4)c2O1. The van der Waals surface area contributed by atoms with Gasteiger partial charge in [0, 0.05) is 20.1 Å². The molecule has 0 N–H and O–H groups in total. The van der Waals surface area contributed by atoms with Crippen molar-refractivity contribution in [1.82, 2.24) is 0 Å². The van der Waals surface area contributed by atoms with Crippen molar-refractivity contribution in [2.45, 2.75) is 12.6 Å². The van der Waals surface area contributed by atoms with Gasteiger partial charge in [-0.15, -0.1) is 17.6 Å². The van der Waals surface area contributed by atoms with Gasteiger partial charge in [0.2, 0.25) is 0 Å². The Kier molecular flexibility index (Phi) is 3.24. The molecule has 2 aromatic carbocycles. The molecular weight excluding hydrogens is 468 g/mol. The number of hydrogen-bond donors (Lipinski definition) is 0. The minimum Gasteiger partial charge on any atom is -0.395 e. The van der Waals surface area contributed by atoms with E-state index in [-0.39, 0.29) is 34.1 Å². The van der Waals surface area contributed by atoms with Crippen molar-refractivity contribution in [2.24, 2.45) is 0 Å². The van der Waals surface area contributed by atoms with Crippen molar-refractivity contribution >= 4 is 31.9 Å². The second-order valence-electron chi connectivity index (χ2n) is 4.83. The predicted molar refractivity (Wildman–Crippen MR) is 79.7 cm³/mol. The quantitative estimate of drug-likeness (QED) is 0.513. The molecule has 0 aromatic heterocycles. The van der Waals surface area contributed by atoms with E-state index in [0.717, 1.165) is 0 Å². The first-order chi connectivity index (χ1) is 11.2. The number of ether oxygens (including phenoxy) is 4. The van der Waals surface area contributed by atoms with Gasteiger partial charge < -0.3 is 18.9 Å². The molecule has 4 nitrogen and oxygen atoms in total. The Morgan fingerprint density at radius 2 is 1.00 bits per heavy atom. The smallest absolute Gasteiger partial charge is 0.395 e. The molecule has 2 aliphatic rings. The van der Waals surface area contributed by atoms with Crippen LogP contribution in [0.15, 0.2) is 33.2 Å². The van der Waals surface area contributed by atoms with Crippen LogP contribution in [0.3, 0.4) is 0 Å². The summed E-state index contributed by atoms with van der Waals surface area (Å²) in [6, 6.07) is 5.40. The Morgan fingerprint density at radius 1 is 0.625 bits per heavy atom. The molecule has 4 rings (SSSR count). The van der Waals surface area contributed by atoms with Gasteiger partial charge in [-0.1, -0.05) is 31.9 Å². The third-order valence-electron chi connectivity index (χ3n) is 3.29. The van der Waals surface area contributed by atoms with E-state index in [1.54, 1.807) is 0 Å². The Hall–Kier alpha value is -1.68. The average molecular weight is 472 g/mol. The zero-order valence-corrected chi connectivity index (χ0v) is 14.4. The molecule has 24 heavy (non-hydrogen) atoms. The van der Waals surface area contributed by atoms with Crippen LogP contribution in [-0.2, 0) is 0 Å². The zero-order chi connectivity index (χ0) is 17.3. The van der Waals surface area contributed by atoms with E-state index in [0.29, 0.717) is 8.95 Å². The summed E-state index contributed by atoms with van der Waals surface area (Å²) < 4.78 is 72.2. The van der Waals surface area contributed by atoms with Gasteiger partial charge in [-0.3, -0.25) is 0 Å². The van der Waals surface area contributed by atoms with Crippen molar-refractivity contribution in [3.05, 3.63) is 33.2 Å². The highest BCUT2D eigenvalue weighted by Crippen LogP contribution is 2.57. The molecule has 0 saturated heterocycles. The summed E-state index contributed by atoms with van der Waals surface area (Å²) in [5, 5.41) is 0. The molecule has 0 saturated carbocycles. The summed E-state index contributed by atoms with van der Waals surface area (Å²) >= 11 is 6.42. The first kappa shape index (κ1) is 15.8. The van der Waals surface area contributed by atoms with Crippen molar-refractivity contribution in [1.29, 1.82) is 0 Å². The molecule has 10 heteroatoms. The van der Waals surface area contributed by atoms with Crippen LogP contribution >= 0.6 is 31.9 Å². The van der Waals surface area contributed by atoms with Crippen molar-refractivity contribution < 1.29 is 36.5 Å². The number of fused-ring (bicyclic) bond motifs is 2. The highest BCUT2D eigenvalue weighted by atomic mass is 79.9. The first-order valence-corrected chi connectivity index (χ1v) is 7.92.